The first kappa shape index (κ1) is 18.6. The summed E-state index contributed by atoms with van der Waals surface area (Å²) in [6.45, 7) is 0.468. The summed E-state index contributed by atoms with van der Waals surface area (Å²) in [6.07, 6.45) is 3.07. The van der Waals surface area contributed by atoms with Crippen molar-refractivity contribution in [1.29, 1.82) is 0 Å². The molecule has 2 amide bonds. The number of nitrogens with zero attached hydrogens (tertiary/aromatic N) is 2. The Morgan fingerprint density at radius 1 is 1.03 bits per heavy atom. The van der Waals surface area contributed by atoms with Gasteiger partial charge in [0.25, 0.3) is 17.4 Å². The summed E-state index contributed by atoms with van der Waals surface area (Å²) in [5, 5.41) is 5.59. The number of hydrogen-bond donors (Lipinski definition) is 3. The molecule has 1 aliphatic rings. The van der Waals surface area contributed by atoms with E-state index in [0.717, 1.165) is 12.8 Å². The predicted molar refractivity (Wildman–Crippen MR) is 106 cm³/mol. The van der Waals surface area contributed by atoms with Gasteiger partial charge in [0.05, 0.1) is 10.9 Å². The average molecular weight is 393 g/mol. The second-order valence-corrected chi connectivity index (χ2v) is 6.83. The van der Waals surface area contributed by atoms with Crippen LogP contribution in [0.3, 0.4) is 0 Å². The summed E-state index contributed by atoms with van der Waals surface area (Å²) < 4.78 is 1.47. The largest absolute Gasteiger partial charge is 0.350 e. The zero-order valence-corrected chi connectivity index (χ0v) is 15.5. The molecular weight excluding hydrogens is 374 g/mol. The van der Waals surface area contributed by atoms with Crippen LogP contribution in [0.5, 0.6) is 0 Å². The second-order valence-electron chi connectivity index (χ2n) is 6.83. The van der Waals surface area contributed by atoms with E-state index in [1.165, 1.54) is 16.8 Å². The number of carbonyl (C=O) groups excluding carboxylic acids is 2. The monoisotopic (exact) mass is 393 g/mol. The number of benzene rings is 1. The number of nitrogens with one attached hydrogen (secondary N) is 3. The van der Waals surface area contributed by atoms with Gasteiger partial charge in [0.2, 0.25) is 0 Å². The van der Waals surface area contributed by atoms with Gasteiger partial charge in [-0.3, -0.25) is 23.9 Å². The minimum atomic E-state index is -0.570. The maximum atomic E-state index is 12.4. The van der Waals surface area contributed by atoms with Crippen LogP contribution in [0.2, 0.25) is 0 Å². The van der Waals surface area contributed by atoms with E-state index >= 15 is 0 Å². The van der Waals surface area contributed by atoms with Crippen molar-refractivity contribution in [3.05, 3.63) is 74.6 Å². The molecule has 29 heavy (non-hydrogen) atoms. The lowest BCUT2D eigenvalue weighted by Gasteiger charge is -2.09. The molecule has 0 atom stereocenters. The van der Waals surface area contributed by atoms with E-state index in [9.17, 15) is 19.2 Å². The highest BCUT2D eigenvalue weighted by Gasteiger charge is 2.27. The summed E-state index contributed by atoms with van der Waals surface area (Å²) >= 11 is 0. The molecule has 1 aliphatic carbocycles. The zero-order chi connectivity index (χ0) is 20.4. The lowest BCUT2D eigenvalue weighted by Crippen LogP contribution is -2.35. The van der Waals surface area contributed by atoms with E-state index < -0.39 is 17.2 Å². The van der Waals surface area contributed by atoms with Crippen molar-refractivity contribution in [3.63, 3.8) is 0 Å². The molecule has 2 heterocycles. The smallest absolute Gasteiger partial charge is 0.330 e. The Morgan fingerprint density at radius 3 is 2.34 bits per heavy atom. The predicted octanol–water partition coefficient (Wildman–Crippen LogP) is 0.580. The maximum Gasteiger partial charge on any atom is 0.330 e. The van der Waals surface area contributed by atoms with Crippen LogP contribution in [0.1, 0.15) is 39.6 Å². The van der Waals surface area contributed by atoms with Crippen molar-refractivity contribution in [2.75, 3.05) is 13.1 Å². The number of aromatic nitrogens is 3. The topological polar surface area (TPSA) is 126 Å². The van der Waals surface area contributed by atoms with Crippen LogP contribution >= 0.6 is 0 Å². The third-order valence-corrected chi connectivity index (χ3v) is 4.69. The van der Waals surface area contributed by atoms with E-state index in [1.807, 2.05) is 6.07 Å². The van der Waals surface area contributed by atoms with Gasteiger partial charge in [-0.25, -0.2) is 9.78 Å². The van der Waals surface area contributed by atoms with Gasteiger partial charge in [-0.15, -0.1) is 0 Å². The minimum Gasteiger partial charge on any atom is -0.350 e. The standard InChI is InChI=1S/C20H19N5O4/c26-17(12-4-2-1-3-5-12)21-8-9-22-18(27)13-10-15-16(23-11-13)25(14-6-7-14)20(29)24-19(15)28/h1-5,10-11,14H,6-9H2,(H,21,26)(H,22,27)(H,24,28,29). The molecule has 0 unspecified atom stereocenters. The highest BCUT2D eigenvalue weighted by Crippen LogP contribution is 2.34. The summed E-state index contributed by atoms with van der Waals surface area (Å²) in [5.74, 6) is -0.645. The van der Waals surface area contributed by atoms with Gasteiger partial charge in [0, 0.05) is 30.9 Å². The highest BCUT2D eigenvalue weighted by atomic mass is 16.2. The van der Waals surface area contributed by atoms with Crippen molar-refractivity contribution in [2.45, 2.75) is 18.9 Å². The number of pyridine rings is 1. The number of carbonyl (C=O) groups is 2. The molecule has 1 aromatic carbocycles. The third-order valence-electron chi connectivity index (χ3n) is 4.69. The number of amides is 2. The molecule has 0 aliphatic heterocycles. The van der Waals surface area contributed by atoms with Crippen LogP contribution < -0.4 is 21.9 Å². The lowest BCUT2D eigenvalue weighted by atomic mass is 10.2. The van der Waals surface area contributed by atoms with Crippen molar-refractivity contribution < 1.29 is 9.59 Å². The SMILES string of the molecule is O=C(NCCNC(=O)c1cnc2c(c1)c(=O)[nH]c(=O)n2C1CC1)c1ccccc1. The summed E-state index contributed by atoms with van der Waals surface area (Å²) in [6, 6.07) is 10.2. The molecule has 4 rings (SSSR count). The molecule has 0 spiro atoms. The fourth-order valence-corrected chi connectivity index (χ4v) is 3.08. The number of hydrogen-bond acceptors (Lipinski definition) is 5. The highest BCUT2D eigenvalue weighted by molar-refractivity contribution is 5.97. The normalized spacial score (nSPS) is 13.2. The van der Waals surface area contributed by atoms with Gasteiger partial charge >= 0.3 is 5.69 Å². The Kier molecular flexibility index (Phi) is 4.94. The fourth-order valence-electron chi connectivity index (χ4n) is 3.08. The molecule has 0 saturated heterocycles. The van der Waals surface area contributed by atoms with Gasteiger partial charge in [0.1, 0.15) is 5.65 Å². The van der Waals surface area contributed by atoms with Gasteiger partial charge < -0.3 is 10.6 Å². The van der Waals surface area contributed by atoms with Crippen LogP contribution in [-0.4, -0.2) is 39.4 Å². The quantitative estimate of drug-likeness (QED) is 0.528. The lowest BCUT2D eigenvalue weighted by molar-refractivity contribution is 0.0927. The van der Waals surface area contributed by atoms with Crippen LogP contribution in [-0.2, 0) is 0 Å². The first-order valence-electron chi connectivity index (χ1n) is 9.30. The van der Waals surface area contributed by atoms with Crippen LogP contribution in [0.4, 0.5) is 0 Å². The molecule has 0 bridgehead atoms. The minimum absolute atomic E-state index is 0.0438. The van der Waals surface area contributed by atoms with E-state index in [0.29, 0.717) is 5.56 Å². The first-order chi connectivity index (χ1) is 14.0. The van der Waals surface area contributed by atoms with Crippen molar-refractivity contribution in [3.8, 4) is 0 Å². The van der Waals surface area contributed by atoms with Crippen LogP contribution in [0.15, 0.2) is 52.2 Å². The molecule has 9 nitrogen and oxygen atoms in total. The molecule has 1 saturated carbocycles. The number of fused-ring (bicyclic) bond motifs is 1. The van der Waals surface area contributed by atoms with E-state index in [2.05, 4.69) is 20.6 Å². The Morgan fingerprint density at radius 2 is 1.69 bits per heavy atom. The molecule has 1 fully saturated rings. The van der Waals surface area contributed by atoms with Gasteiger partial charge in [-0.1, -0.05) is 18.2 Å². The molecule has 148 valence electrons. The number of rotatable bonds is 6. The van der Waals surface area contributed by atoms with E-state index in [1.54, 1.807) is 24.3 Å². The molecular formula is C20H19N5O4. The molecule has 3 N–H and O–H groups in total. The second kappa shape index (κ2) is 7.70. The Bertz CT molecular complexity index is 1190. The average Bonchev–Trinajstić information content (AvgIpc) is 3.56. The van der Waals surface area contributed by atoms with Gasteiger partial charge in [-0.05, 0) is 31.0 Å². The first-order valence-corrected chi connectivity index (χ1v) is 9.30. The van der Waals surface area contributed by atoms with Crippen LogP contribution in [0, 0.1) is 0 Å². The molecule has 9 heteroatoms. The summed E-state index contributed by atoms with van der Waals surface area (Å²) in [7, 11) is 0. The Balaban J connectivity index is 1.42. The van der Waals surface area contributed by atoms with Crippen LogP contribution in [0.25, 0.3) is 11.0 Å². The van der Waals surface area contributed by atoms with E-state index in [-0.39, 0.29) is 41.6 Å². The number of H-pyrrole nitrogens is 1. The zero-order valence-electron chi connectivity index (χ0n) is 15.5. The van der Waals surface area contributed by atoms with Crippen molar-refractivity contribution >= 4 is 22.8 Å². The van der Waals surface area contributed by atoms with Crippen molar-refractivity contribution in [1.82, 2.24) is 25.2 Å². The summed E-state index contributed by atoms with van der Waals surface area (Å²) in [4.78, 5) is 55.0. The third kappa shape index (κ3) is 3.93. The molecule has 3 aromatic rings. The maximum absolute atomic E-state index is 12.4. The number of aromatic amines is 1. The fraction of sp³-hybridized carbons (Fsp3) is 0.250. The van der Waals surface area contributed by atoms with E-state index in [4.69, 9.17) is 0 Å². The Labute approximate surface area is 164 Å². The van der Waals surface area contributed by atoms with Gasteiger partial charge in [-0.2, -0.15) is 0 Å². The van der Waals surface area contributed by atoms with Crippen molar-refractivity contribution in [2.24, 2.45) is 0 Å². The molecule has 0 radical (unpaired) electrons. The Hall–Kier alpha value is -3.75. The van der Waals surface area contributed by atoms with Gasteiger partial charge in [0.15, 0.2) is 0 Å². The molecule has 2 aromatic heterocycles. The summed E-state index contributed by atoms with van der Waals surface area (Å²) in [5.41, 5.74) is -0.0205.